The average molecular weight is 222 g/mol. The molecule has 1 N–H and O–H groups in total. The zero-order valence-electron chi connectivity index (χ0n) is 9.63. The molecule has 0 aromatic carbocycles. The van der Waals surface area contributed by atoms with Crippen LogP contribution in [0.1, 0.15) is 31.6 Å². The molecule has 88 valence electrons. The van der Waals surface area contributed by atoms with Gasteiger partial charge in [0.1, 0.15) is 0 Å². The summed E-state index contributed by atoms with van der Waals surface area (Å²) in [6, 6.07) is 1.23. The topological polar surface area (TPSA) is 58.9 Å². The lowest BCUT2D eigenvalue weighted by Crippen LogP contribution is -2.56. The number of likely N-dealkylation sites (N-methyl/N-ethyl adjacent to an activating group) is 1. The smallest absolute Gasteiger partial charge is 0.165 e. The highest BCUT2D eigenvalue weighted by Crippen LogP contribution is 2.34. The molecule has 6 nitrogen and oxygen atoms in total. The van der Waals surface area contributed by atoms with Crippen LogP contribution in [0, 0.1) is 0 Å². The van der Waals surface area contributed by atoms with Crippen LogP contribution < -0.4 is 5.32 Å². The molecular formula is C10H18N6. The van der Waals surface area contributed by atoms with Crippen molar-refractivity contribution in [3.05, 3.63) is 5.82 Å². The maximum Gasteiger partial charge on any atom is 0.165 e. The van der Waals surface area contributed by atoms with Crippen LogP contribution in [0.5, 0.6) is 0 Å². The van der Waals surface area contributed by atoms with Crippen molar-refractivity contribution in [2.24, 2.45) is 0 Å². The van der Waals surface area contributed by atoms with Crippen LogP contribution in [0.15, 0.2) is 0 Å². The van der Waals surface area contributed by atoms with E-state index in [1.165, 1.54) is 12.8 Å². The van der Waals surface area contributed by atoms with Gasteiger partial charge in [-0.3, -0.25) is 4.90 Å². The summed E-state index contributed by atoms with van der Waals surface area (Å²) < 4.78 is 2.01. The first-order valence-electron chi connectivity index (χ1n) is 6.10. The highest BCUT2D eigenvalue weighted by Gasteiger charge is 2.30. The average Bonchev–Trinajstić information content (AvgIpc) is 2.96. The van der Waals surface area contributed by atoms with Crippen molar-refractivity contribution in [2.75, 3.05) is 19.6 Å². The van der Waals surface area contributed by atoms with Gasteiger partial charge >= 0.3 is 0 Å². The predicted octanol–water partition coefficient (Wildman–Crippen LogP) is -0.198. The van der Waals surface area contributed by atoms with Crippen LogP contribution >= 0.6 is 0 Å². The van der Waals surface area contributed by atoms with Gasteiger partial charge in [0, 0.05) is 19.1 Å². The second-order valence-corrected chi connectivity index (χ2v) is 4.65. The van der Waals surface area contributed by atoms with Crippen LogP contribution in [0.2, 0.25) is 0 Å². The quantitative estimate of drug-likeness (QED) is 0.748. The molecule has 1 saturated heterocycles. The van der Waals surface area contributed by atoms with Crippen molar-refractivity contribution in [3.8, 4) is 0 Å². The first-order valence-corrected chi connectivity index (χ1v) is 6.10. The van der Waals surface area contributed by atoms with Crippen molar-refractivity contribution in [3.63, 3.8) is 0 Å². The molecule has 0 unspecified atom stereocenters. The van der Waals surface area contributed by atoms with E-state index < -0.39 is 0 Å². The van der Waals surface area contributed by atoms with E-state index in [0.29, 0.717) is 12.1 Å². The minimum absolute atomic E-state index is 0.572. The molecule has 0 atom stereocenters. The third-order valence-electron chi connectivity index (χ3n) is 3.48. The summed E-state index contributed by atoms with van der Waals surface area (Å²) in [7, 11) is 0. The van der Waals surface area contributed by atoms with Crippen molar-refractivity contribution in [2.45, 2.75) is 38.4 Å². The Morgan fingerprint density at radius 2 is 2.25 bits per heavy atom. The van der Waals surface area contributed by atoms with Gasteiger partial charge in [0.25, 0.3) is 0 Å². The summed E-state index contributed by atoms with van der Waals surface area (Å²) >= 11 is 0. The maximum atomic E-state index is 4.15. The van der Waals surface area contributed by atoms with E-state index in [0.717, 1.165) is 32.0 Å². The van der Waals surface area contributed by atoms with Crippen molar-refractivity contribution in [1.82, 2.24) is 30.4 Å². The molecule has 0 bridgehead atoms. The van der Waals surface area contributed by atoms with Gasteiger partial charge in [-0.2, -0.15) is 0 Å². The lowest BCUT2D eigenvalue weighted by atomic mass is 10.1. The Morgan fingerprint density at radius 1 is 1.44 bits per heavy atom. The second kappa shape index (κ2) is 4.10. The number of nitrogens with zero attached hydrogens (tertiary/aromatic N) is 5. The zero-order valence-corrected chi connectivity index (χ0v) is 9.63. The number of tetrazole rings is 1. The molecule has 6 heteroatoms. The van der Waals surface area contributed by atoms with Gasteiger partial charge in [0.05, 0.1) is 12.6 Å². The van der Waals surface area contributed by atoms with Gasteiger partial charge < -0.3 is 5.32 Å². The van der Waals surface area contributed by atoms with Crippen LogP contribution in [0.4, 0.5) is 0 Å². The molecule has 1 saturated carbocycles. The molecule has 1 aromatic heterocycles. The summed E-state index contributed by atoms with van der Waals surface area (Å²) in [4.78, 5) is 2.45. The third kappa shape index (κ3) is 1.82. The molecule has 0 amide bonds. The summed E-state index contributed by atoms with van der Waals surface area (Å²) in [5.74, 6) is 1.02. The Balaban J connectivity index is 1.68. The minimum atomic E-state index is 0.572. The van der Waals surface area contributed by atoms with Gasteiger partial charge in [-0.25, -0.2) is 4.68 Å². The van der Waals surface area contributed by atoms with Crippen LogP contribution in [-0.4, -0.2) is 50.8 Å². The number of aromatic nitrogens is 4. The Kier molecular flexibility index (Phi) is 2.61. The molecule has 2 fully saturated rings. The third-order valence-corrected chi connectivity index (χ3v) is 3.48. The first-order chi connectivity index (χ1) is 7.88. The lowest BCUT2D eigenvalue weighted by Gasteiger charge is -2.37. The van der Waals surface area contributed by atoms with Crippen molar-refractivity contribution >= 4 is 0 Å². The van der Waals surface area contributed by atoms with Gasteiger partial charge in [-0.05, 0) is 29.8 Å². The van der Waals surface area contributed by atoms with E-state index in [4.69, 9.17) is 0 Å². The fraction of sp³-hybridized carbons (Fsp3) is 0.900. The molecule has 16 heavy (non-hydrogen) atoms. The summed E-state index contributed by atoms with van der Waals surface area (Å²) in [6.07, 6.45) is 2.46. The van der Waals surface area contributed by atoms with Gasteiger partial charge in [0.2, 0.25) is 0 Å². The van der Waals surface area contributed by atoms with Crippen molar-refractivity contribution in [1.29, 1.82) is 0 Å². The first kappa shape index (κ1) is 10.2. The van der Waals surface area contributed by atoms with E-state index in [2.05, 4.69) is 32.7 Å². The van der Waals surface area contributed by atoms with Crippen LogP contribution in [0.25, 0.3) is 0 Å². The number of nitrogens with one attached hydrogen (secondary N) is 1. The molecule has 2 aliphatic rings. The van der Waals surface area contributed by atoms with Crippen LogP contribution in [0.3, 0.4) is 0 Å². The van der Waals surface area contributed by atoms with Crippen molar-refractivity contribution < 1.29 is 0 Å². The van der Waals surface area contributed by atoms with Gasteiger partial charge in [0.15, 0.2) is 5.82 Å². The Hall–Kier alpha value is -1.01. The molecule has 1 aliphatic carbocycles. The second-order valence-electron chi connectivity index (χ2n) is 4.65. The number of hydrogen-bond acceptors (Lipinski definition) is 5. The SMILES string of the molecule is CCN(Cc1nnnn1C1CC1)C1CNC1. The van der Waals surface area contributed by atoms with E-state index >= 15 is 0 Å². The number of hydrogen-bond donors (Lipinski definition) is 1. The highest BCUT2D eigenvalue weighted by molar-refractivity contribution is 4.93. The van der Waals surface area contributed by atoms with E-state index in [9.17, 15) is 0 Å². The van der Waals surface area contributed by atoms with Gasteiger partial charge in [-0.1, -0.05) is 6.92 Å². The molecule has 3 rings (SSSR count). The van der Waals surface area contributed by atoms with E-state index in [1.54, 1.807) is 0 Å². The normalized spacial score (nSPS) is 21.4. The Morgan fingerprint density at radius 3 is 2.81 bits per heavy atom. The number of rotatable bonds is 5. The Bertz CT molecular complexity index is 354. The fourth-order valence-electron chi connectivity index (χ4n) is 2.13. The lowest BCUT2D eigenvalue weighted by molar-refractivity contribution is 0.139. The standard InChI is InChI=1S/C10H18N6/c1-2-15(9-5-11-6-9)7-10-12-13-14-16(10)8-3-4-8/h8-9,11H,2-7H2,1H3. The molecule has 1 aromatic rings. The van der Waals surface area contributed by atoms with E-state index in [-0.39, 0.29) is 0 Å². The predicted molar refractivity (Wildman–Crippen MR) is 58.8 cm³/mol. The summed E-state index contributed by atoms with van der Waals surface area (Å²) in [5.41, 5.74) is 0. The largest absolute Gasteiger partial charge is 0.314 e. The molecular weight excluding hydrogens is 204 g/mol. The highest BCUT2D eigenvalue weighted by atomic mass is 15.6. The fourth-order valence-corrected chi connectivity index (χ4v) is 2.13. The maximum absolute atomic E-state index is 4.15. The van der Waals surface area contributed by atoms with Gasteiger partial charge in [-0.15, -0.1) is 5.10 Å². The summed E-state index contributed by atoms with van der Waals surface area (Å²) in [5, 5.41) is 15.3. The molecule has 0 spiro atoms. The van der Waals surface area contributed by atoms with E-state index in [1.807, 2.05) is 4.68 Å². The zero-order chi connectivity index (χ0) is 11.0. The minimum Gasteiger partial charge on any atom is -0.314 e. The summed E-state index contributed by atoms with van der Waals surface area (Å²) in [6.45, 7) is 6.33. The molecule has 2 heterocycles. The monoisotopic (exact) mass is 222 g/mol. The van der Waals surface area contributed by atoms with Crippen LogP contribution in [-0.2, 0) is 6.54 Å². The molecule has 1 aliphatic heterocycles. The molecule has 0 radical (unpaired) electrons. The Labute approximate surface area is 95.0 Å².